The van der Waals surface area contributed by atoms with E-state index in [9.17, 15) is 19.1 Å². The third kappa shape index (κ3) is 3.41. The maximum absolute atomic E-state index is 13.0. The van der Waals surface area contributed by atoms with Gasteiger partial charge in [0.15, 0.2) is 5.78 Å². The fraction of sp³-hybridized carbons (Fsp3) is 0.833. The Morgan fingerprint density at radius 3 is 2.28 bits per heavy atom. The van der Waals surface area contributed by atoms with Crippen LogP contribution >= 0.6 is 0 Å². The number of aliphatic hydroxyl groups is 1. The van der Waals surface area contributed by atoms with Gasteiger partial charge in [-0.25, -0.2) is 9.18 Å². The van der Waals surface area contributed by atoms with Gasteiger partial charge >= 0.3 is 6.09 Å². The molecule has 0 heterocycles. The summed E-state index contributed by atoms with van der Waals surface area (Å²) in [5.74, 6) is -0.502. The first-order valence-corrected chi connectivity index (χ1v) is 5.89. The van der Waals surface area contributed by atoms with Gasteiger partial charge in [0.2, 0.25) is 0 Å². The van der Waals surface area contributed by atoms with Crippen molar-refractivity contribution in [3.63, 3.8) is 0 Å². The third-order valence-electron chi connectivity index (χ3n) is 2.83. The molecular formula is C12H20FNO4. The van der Waals surface area contributed by atoms with Gasteiger partial charge < -0.3 is 15.2 Å². The van der Waals surface area contributed by atoms with Crippen LogP contribution in [0.2, 0.25) is 0 Å². The van der Waals surface area contributed by atoms with E-state index in [0.29, 0.717) is 0 Å². The van der Waals surface area contributed by atoms with Crippen molar-refractivity contribution in [3.05, 3.63) is 0 Å². The lowest BCUT2D eigenvalue weighted by atomic mass is 9.70. The zero-order chi connectivity index (χ0) is 14.1. The Morgan fingerprint density at radius 1 is 1.44 bits per heavy atom. The topological polar surface area (TPSA) is 75.6 Å². The van der Waals surface area contributed by atoms with Gasteiger partial charge in [0.05, 0.1) is 5.54 Å². The molecule has 1 unspecified atom stereocenters. The summed E-state index contributed by atoms with van der Waals surface area (Å²) < 4.78 is 18.0. The SMILES string of the molecule is CC(=O)C(O)C1(NC(=O)OC(C)(C)C)CC(F)C1. The van der Waals surface area contributed by atoms with Crippen LogP contribution < -0.4 is 5.32 Å². The first-order valence-electron chi connectivity index (χ1n) is 5.89. The Kier molecular flexibility index (Phi) is 4.00. The third-order valence-corrected chi connectivity index (χ3v) is 2.83. The van der Waals surface area contributed by atoms with Crippen molar-refractivity contribution >= 4 is 11.9 Å². The molecule has 0 saturated heterocycles. The van der Waals surface area contributed by atoms with Gasteiger partial charge in [-0.2, -0.15) is 0 Å². The number of carbonyl (C=O) groups excluding carboxylic acids is 2. The highest BCUT2D eigenvalue weighted by Gasteiger charge is 2.53. The largest absolute Gasteiger partial charge is 0.444 e. The summed E-state index contributed by atoms with van der Waals surface area (Å²) >= 11 is 0. The molecule has 0 aromatic carbocycles. The van der Waals surface area contributed by atoms with Gasteiger partial charge in [-0.15, -0.1) is 0 Å². The number of carbonyl (C=O) groups is 2. The van der Waals surface area contributed by atoms with Crippen LogP contribution in [0.5, 0.6) is 0 Å². The predicted octanol–water partition coefficient (Wildman–Crippen LogP) is 1.33. The van der Waals surface area contributed by atoms with Crippen molar-refractivity contribution in [1.29, 1.82) is 0 Å². The fourth-order valence-electron chi connectivity index (χ4n) is 2.02. The average molecular weight is 261 g/mol. The molecule has 1 fully saturated rings. The molecule has 0 aromatic rings. The number of hydrogen-bond donors (Lipinski definition) is 2. The van der Waals surface area contributed by atoms with Crippen molar-refractivity contribution in [2.45, 2.75) is 64.0 Å². The molecule has 1 saturated carbocycles. The summed E-state index contributed by atoms with van der Waals surface area (Å²) in [5, 5.41) is 12.2. The highest BCUT2D eigenvalue weighted by Crippen LogP contribution is 2.38. The van der Waals surface area contributed by atoms with Gasteiger partial charge in [0.1, 0.15) is 17.9 Å². The Labute approximate surface area is 106 Å². The van der Waals surface area contributed by atoms with E-state index in [2.05, 4.69) is 5.32 Å². The van der Waals surface area contributed by atoms with E-state index in [1.54, 1.807) is 20.8 Å². The van der Waals surface area contributed by atoms with Gasteiger partial charge in [-0.3, -0.25) is 4.79 Å². The minimum atomic E-state index is -1.41. The zero-order valence-corrected chi connectivity index (χ0v) is 11.1. The van der Waals surface area contributed by atoms with Gasteiger partial charge in [-0.05, 0) is 27.7 Å². The number of hydrogen-bond acceptors (Lipinski definition) is 4. The Balaban J connectivity index is 2.70. The molecule has 1 aliphatic carbocycles. The van der Waals surface area contributed by atoms with E-state index in [1.165, 1.54) is 6.92 Å². The summed E-state index contributed by atoms with van der Waals surface area (Å²) in [7, 11) is 0. The lowest BCUT2D eigenvalue weighted by Crippen LogP contribution is -2.67. The number of Topliss-reactive ketones (excluding diaryl/α,β-unsaturated/α-hetero) is 1. The highest BCUT2D eigenvalue weighted by atomic mass is 19.1. The van der Waals surface area contributed by atoms with E-state index >= 15 is 0 Å². The molecule has 0 aromatic heterocycles. The summed E-state index contributed by atoms with van der Waals surface area (Å²) in [6.45, 7) is 6.28. The van der Waals surface area contributed by atoms with E-state index in [1.807, 2.05) is 0 Å². The molecule has 1 amide bonds. The van der Waals surface area contributed by atoms with Crippen LogP contribution in [0.1, 0.15) is 40.5 Å². The first-order chi connectivity index (χ1) is 8.06. The summed E-state index contributed by atoms with van der Waals surface area (Å²) in [6, 6.07) is 0. The second-order valence-electron chi connectivity index (χ2n) is 5.80. The minimum absolute atomic E-state index is 0.0764. The zero-order valence-electron chi connectivity index (χ0n) is 11.1. The van der Waals surface area contributed by atoms with Crippen molar-refractivity contribution in [1.82, 2.24) is 5.32 Å². The molecule has 104 valence electrons. The summed E-state index contributed by atoms with van der Waals surface area (Å²) in [5.41, 5.74) is -1.92. The molecule has 1 atom stereocenters. The standard InChI is InChI=1S/C12H20FNO4/c1-7(15)9(16)12(5-8(13)6-12)14-10(17)18-11(2,3)4/h8-9,16H,5-6H2,1-4H3,(H,14,17). The Hall–Kier alpha value is -1.17. The molecule has 0 bridgehead atoms. The molecule has 2 N–H and O–H groups in total. The molecular weight excluding hydrogens is 241 g/mol. The van der Waals surface area contributed by atoms with Crippen molar-refractivity contribution < 1.29 is 23.8 Å². The van der Waals surface area contributed by atoms with Crippen LogP contribution in [0.3, 0.4) is 0 Å². The van der Waals surface area contributed by atoms with Gasteiger partial charge in [0.25, 0.3) is 0 Å². The number of nitrogens with one attached hydrogen (secondary N) is 1. The molecule has 0 aliphatic heterocycles. The van der Waals surface area contributed by atoms with Gasteiger partial charge in [-0.1, -0.05) is 0 Å². The number of ether oxygens (including phenoxy) is 1. The van der Waals surface area contributed by atoms with Crippen LogP contribution in [-0.2, 0) is 9.53 Å². The van der Waals surface area contributed by atoms with Crippen LogP contribution in [0.4, 0.5) is 9.18 Å². The Bertz CT molecular complexity index is 344. The highest BCUT2D eigenvalue weighted by molar-refractivity contribution is 5.83. The maximum atomic E-state index is 13.0. The number of halogens is 1. The average Bonchev–Trinajstić information content (AvgIpc) is 2.10. The first kappa shape index (κ1) is 14.9. The number of alkyl carbamates (subject to hydrolysis) is 1. The summed E-state index contributed by atoms with van der Waals surface area (Å²) in [4.78, 5) is 22.8. The summed E-state index contributed by atoms with van der Waals surface area (Å²) in [6.07, 6.45) is -3.43. The van der Waals surface area contributed by atoms with Crippen LogP contribution in [-0.4, -0.2) is 40.4 Å². The lowest BCUT2D eigenvalue weighted by molar-refractivity contribution is -0.134. The molecule has 6 heteroatoms. The molecule has 0 radical (unpaired) electrons. The monoisotopic (exact) mass is 261 g/mol. The van der Waals surface area contributed by atoms with Gasteiger partial charge in [0, 0.05) is 12.8 Å². The van der Waals surface area contributed by atoms with E-state index in [-0.39, 0.29) is 12.8 Å². The number of rotatable bonds is 3. The molecule has 1 aliphatic rings. The van der Waals surface area contributed by atoms with Crippen molar-refractivity contribution in [3.8, 4) is 0 Å². The quantitative estimate of drug-likeness (QED) is 0.803. The van der Waals surface area contributed by atoms with E-state index in [0.717, 1.165) is 0 Å². The Morgan fingerprint density at radius 2 is 1.94 bits per heavy atom. The smallest absolute Gasteiger partial charge is 0.408 e. The number of ketones is 1. The molecule has 1 rings (SSSR count). The maximum Gasteiger partial charge on any atom is 0.408 e. The van der Waals surface area contributed by atoms with Crippen LogP contribution in [0.15, 0.2) is 0 Å². The number of aliphatic hydroxyl groups excluding tert-OH is 1. The van der Waals surface area contributed by atoms with Crippen LogP contribution in [0.25, 0.3) is 0 Å². The minimum Gasteiger partial charge on any atom is -0.444 e. The van der Waals surface area contributed by atoms with E-state index < -0.39 is 35.3 Å². The molecule has 0 spiro atoms. The second-order valence-corrected chi connectivity index (χ2v) is 5.80. The fourth-order valence-corrected chi connectivity index (χ4v) is 2.02. The molecule has 5 nitrogen and oxygen atoms in total. The number of amides is 1. The van der Waals surface area contributed by atoms with E-state index in [4.69, 9.17) is 4.74 Å². The second kappa shape index (κ2) is 4.84. The lowest BCUT2D eigenvalue weighted by Gasteiger charge is -2.46. The molecule has 18 heavy (non-hydrogen) atoms. The van der Waals surface area contributed by atoms with Crippen LogP contribution in [0, 0.1) is 0 Å². The van der Waals surface area contributed by atoms with Crippen molar-refractivity contribution in [2.24, 2.45) is 0 Å². The van der Waals surface area contributed by atoms with Crippen molar-refractivity contribution in [2.75, 3.05) is 0 Å². The predicted molar refractivity (Wildman–Crippen MR) is 62.9 cm³/mol. The normalized spacial score (nSPS) is 29.1. The number of alkyl halides is 1.